The largest absolute Gasteiger partial charge is 0.390 e. The molecular weight excluding hydrogens is 333 g/mol. The van der Waals surface area contributed by atoms with E-state index in [1.165, 1.54) is 17.0 Å². The highest BCUT2D eigenvalue weighted by Gasteiger charge is 2.37. The molecule has 4 atom stereocenters. The fraction of sp³-hybridized carbons (Fsp3) is 0.500. The maximum atomic E-state index is 11.0. The Morgan fingerprint density at radius 3 is 3.09 bits per heavy atom. The highest BCUT2D eigenvalue weighted by Crippen LogP contribution is 2.47. The van der Waals surface area contributed by atoms with Crippen molar-refractivity contribution in [2.24, 2.45) is 0 Å². The lowest BCUT2D eigenvalue weighted by atomic mass is 10.1. The summed E-state index contributed by atoms with van der Waals surface area (Å²) < 4.78 is 22.8. The van der Waals surface area contributed by atoms with Gasteiger partial charge in [-0.15, -0.1) is 0 Å². The molecule has 1 fully saturated rings. The summed E-state index contributed by atoms with van der Waals surface area (Å²) in [6.45, 7) is -4.17. The molecular formula is C10H14N5O5PS. The van der Waals surface area contributed by atoms with E-state index in [1.807, 2.05) is 0 Å². The van der Waals surface area contributed by atoms with Crippen LogP contribution in [0.4, 0.5) is 5.82 Å². The van der Waals surface area contributed by atoms with Gasteiger partial charge in [0.05, 0.1) is 24.6 Å². The van der Waals surface area contributed by atoms with E-state index in [2.05, 4.69) is 31.8 Å². The van der Waals surface area contributed by atoms with Crippen LogP contribution >= 0.6 is 19.0 Å². The van der Waals surface area contributed by atoms with Gasteiger partial charge in [0.1, 0.15) is 18.5 Å². The van der Waals surface area contributed by atoms with Gasteiger partial charge in [-0.05, 0) is 0 Å². The Morgan fingerprint density at radius 1 is 1.59 bits per heavy atom. The number of imidazole rings is 1. The number of rotatable bonds is 4. The number of fused-ring (bicyclic) bond motifs is 1. The van der Waals surface area contributed by atoms with E-state index in [4.69, 9.17) is 15.4 Å². The average molecular weight is 347 g/mol. The van der Waals surface area contributed by atoms with Crippen LogP contribution in [0.5, 0.6) is 0 Å². The first kappa shape index (κ1) is 15.7. The Labute approximate surface area is 130 Å². The van der Waals surface area contributed by atoms with Gasteiger partial charge in [0, 0.05) is 6.42 Å². The van der Waals surface area contributed by atoms with Crippen molar-refractivity contribution in [3.8, 4) is 0 Å². The zero-order valence-corrected chi connectivity index (χ0v) is 13.0. The number of hydrogen-bond acceptors (Lipinski definition) is 8. The number of nitrogens with zero attached hydrogens (tertiary/aromatic N) is 4. The number of ether oxygens (including phenoxy) is 1. The predicted octanol–water partition coefficient (Wildman–Crippen LogP) is -0.0558. The van der Waals surface area contributed by atoms with Crippen molar-refractivity contribution < 1.29 is 23.8 Å². The molecule has 0 aliphatic carbocycles. The molecule has 1 aliphatic rings. The maximum Gasteiger partial charge on any atom is 0.383 e. The quantitative estimate of drug-likeness (QED) is 0.441. The minimum absolute atomic E-state index is 0.232. The normalized spacial score (nSPS) is 28.0. The number of aliphatic hydroxyl groups excluding tert-OH is 1. The molecule has 1 saturated heterocycles. The van der Waals surface area contributed by atoms with Crippen molar-refractivity contribution in [1.82, 2.24) is 19.6 Å². The molecule has 0 aromatic carbocycles. The zero-order chi connectivity index (χ0) is 15.9. The Hall–Kier alpha value is -1.23. The van der Waals surface area contributed by atoms with Gasteiger partial charge in [0.15, 0.2) is 11.5 Å². The lowest BCUT2D eigenvalue weighted by Crippen LogP contribution is -2.25. The Balaban J connectivity index is 1.78. The van der Waals surface area contributed by atoms with Gasteiger partial charge in [-0.2, -0.15) is 5.10 Å². The zero-order valence-electron chi connectivity index (χ0n) is 11.2. The predicted molar refractivity (Wildman–Crippen MR) is 78.2 cm³/mol. The summed E-state index contributed by atoms with van der Waals surface area (Å²) in [4.78, 5) is 17.0. The van der Waals surface area contributed by atoms with E-state index in [-0.39, 0.29) is 18.8 Å². The number of nitrogen functional groups attached to an aromatic ring is 1. The second kappa shape index (κ2) is 5.76. The van der Waals surface area contributed by atoms with Crippen molar-refractivity contribution in [3.63, 3.8) is 0 Å². The van der Waals surface area contributed by atoms with Gasteiger partial charge in [0.25, 0.3) is 0 Å². The van der Waals surface area contributed by atoms with E-state index in [1.54, 1.807) is 0 Å². The van der Waals surface area contributed by atoms with Gasteiger partial charge < -0.3 is 20.5 Å². The molecule has 1 aliphatic heterocycles. The summed E-state index contributed by atoms with van der Waals surface area (Å²) in [5, 5.41) is 14.0. The summed E-state index contributed by atoms with van der Waals surface area (Å²) in [6, 6.07) is 0. The van der Waals surface area contributed by atoms with Crippen LogP contribution in [0.25, 0.3) is 5.65 Å². The summed E-state index contributed by atoms with van der Waals surface area (Å²) in [5.74, 6) is 0.232. The third-order valence-electron chi connectivity index (χ3n) is 3.32. The number of anilines is 1. The fourth-order valence-corrected chi connectivity index (χ4v) is 2.85. The molecule has 2 unspecified atom stereocenters. The minimum Gasteiger partial charge on any atom is -0.390 e. The van der Waals surface area contributed by atoms with Crippen molar-refractivity contribution >= 4 is 30.5 Å². The third-order valence-corrected chi connectivity index (χ3v) is 4.15. The molecule has 2 aromatic rings. The highest BCUT2D eigenvalue weighted by atomic mass is 32.7. The first-order chi connectivity index (χ1) is 10.3. The first-order valence-electron chi connectivity index (χ1n) is 6.33. The molecule has 3 rings (SSSR count). The molecule has 0 radical (unpaired) electrons. The summed E-state index contributed by atoms with van der Waals surface area (Å²) in [6.07, 6.45) is 1.01. The second-order valence-electron chi connectivity index (χ2n) is 4.82. The van der Waals surface area contributed by atoms with E-state index < -0.39 is 25.1 Å². The monoisotopic (exact) mass is 347 g/mol. The summed E-state index contributed by atoms with van der Waals surface area (Å²) in [5.41, 5.74) is 6.70. The fourth-order valence-electron chi connectivity index (χ4n) is 2.31. The highest BCUT2D eigenvalue weighted by molar-refractivity contribution is 8.44. The molecule has 0 bridgehead atoms. The molecule has 0 saturated carbocycles. The second-order valence-corrected chi connectivity index (χ2v) is 7.57. The number of nitrogens with two attached hydrogens (primary N) is 1. The first-order valence-corrected chi connectivity index (χ1v) is 9.06. The van der Waals surface area contributed by atoms with Gasteiger partial charge in [-0.3, -0.25) is 4.52 Å². The average Bonchev–Trinajstić information content (AvgIpc) is 3.00. The number of aromatic nitrogens is 4. The van der Waals surface area contributed by atoms with Crippen LogP contribution in [-0.4, -0.2) is 48.4 Å². The third kappa shape index (κ3) is 3.09. The van der Waals surface area contributed by atoms with Gasteiger partial charge in [0.2, 0.25) is 0 Å². The number of aliphatic hydroxyl groups is 1. The summed E-state index contributed by atoms with van der Waals surface area (Å²) in [7, 11) is 0. The van der Waals surface area contributed by atoms with Crippen LogP contribution in [0.1, 0.15) is 18.2 Å². The van der Waals surface area contributed by atoms with Crippen LogP contribution in [0.15, 0.2) is 12.5 Å². The standard InChI is InChI=1S/C10H14N5O5PS/c11-9-10-12-2-5(15(10)14-4-13-9)7-1-6(16)8(20-7)3-19-21(17,18)22/h2,4,6-8,16H,1,3H2,(H2,11,13,14)(H2,17,18,22)/t6-,7+,8?/m0/s1. The van der Waals surface area contributed by atoms with Gasteiger partial charge >= 0.3 is 6.80 Å². The van der Waals surface area contributed by atoms with Crippen LogP contribution in [-0.2, 0) is 13.8 Å². The topological polar surface area (TPSA) is 145 Å². The molecule has 12 heteroatoms. The number of hydrogen-bond donors (Lipinski definition) is 4. The van der Waals surface area contributed by atoms with E-state index in [0.717, 1.165) is 0 Å². The van der Waals surface area contributed by atoms with E-state index in [0.29, 0.717) is 11.3 Å². The van der Waals surface area contributed by atoms with Crippen LogP contribution in [0.2, 0.25) is 0 Å². The summed E-state index contributed by atoms with van der Waals surface area (Å²) >= 11 is 3.41. The SMILES string of the molecule is Nc1ncnn2c([C@H]3C[C@H](O)C(COP(=O)(O)S)O3)cnc12. The van der Waals surface area contributed by atoms with Crippen LogP contribution < -0.4 is 5.73 Å². The Kier molecular flexibility index (Phi) is 4.10. The molecule has 120 valence electrons. The Bertz CT molecular complexity index is 736. The molecule has 3 heterocycles. The van der Waals surface area contributed by atoms with Crippen LogP contribution in [0.3, 0.4) is 0 Å². The van der Waals surface area contributed by atoms with Gasteiger partial charge in [-0.1, -0.05) is 12.2 Å². The molecule has 0 amide bonds. The molecule has 10 nitrogen and oxygen atoms in total. The lowest BCUT2D eigenvalue weighted by molar-refractivity contribution is -0.0189. The molecule has 0 spiro atoms. The maximum absolute atomic E-state index is 11.0. The minimum atomic E-state index is -3.92. The molecule has 2 aromatic heterocycles. The van der Waals surface area contributed by atoms with E-state index in [9.17, 15) is 9.67 Å². The van der Waals surface area contributed by atoms with Crippen molar-refractivity contribution in [1.29, 1.82) is 0 Å². The smallest absolute Gasteiger partial charge is 0.383 e. The van der Waals surface area contributed by atoms with Crippen LogP contribution in [0, 0.1) is 0 Å². The Morgan fingerprint density at radius 2 is 2.36 bits per heavy atom. The van der Waals surface area contributed by atoms with Crippen molar-refractivity contribution in [2.75, 3.05) is 12.3 Å². The lowest BCUT2D eigenvalue weighted by Gasteiger charge is -2.15. The van der Waals surface area contributed by atoms with Crippen molar-refractivity contribution in [3.05, 3.63) is 18.2 Å². The van der Waals surface area contributed by atoms with Gasteiger partial charge in [-0.25, -0.2) is 19.0 Å². The molecule has 4 N–H and O–H groups in total. The van der Waals surface area contributed by atoms with E-state index >= 15 is 0 Å². The van der Waals surface area contributed by atoms with Crippen molar-refractivity contribution in [2.45, 2.75) is 24.7 Å². The number of thiol groups is 1. The molecule has 22 heavy (non-hydrogen) atoms.